The lowest BCUT2D eigenvalue weighted by atomic mass is 9.90. The highest BCUT2D eigenvalue weighted by atomic mass is 19.4. The van der Waals surface area contributed by atoms with Crippen molar-refractivity contribution in [3.63, 3.8) is 0 Å². The summed E-state index contributed by atoms with van der Waals surface area (Å²) in [5, 5.41) is 13.7. The molecule has 5 nitrogen and oxygen atoms in total. The van der Waals surface area contributed by atoms with E-state index in [2.05, 4.69) is 18.9 Å². The van der Waals surface area contributed by atoms with Crippen LogP contribution in [0.5, 0.6) is 5.75 Å². The summed E-state index contributed by atoms with van der Waals surface area (Å²) in [4.78, 5) is 11.2. The lowest BCUT2D eigenvalue weighted by Crippen LogP contribution is -2.09. The molecule has 1 aliphatic carbocycles. The number of fused-ring (bicyclic) bond motifs is 2. The Bertz CT molecular complexity index is 1670. The predicted octanol–water partition coefficient (Wildman–Crippen LogP) is 8.12. The fraction of sp³-hybridized carbons (Fsp3) is 0.273. The standard InChI is InChI=1S/C33H29F3N2O3/c1-19(2)29-13-14-38(37-29)24-7-4-21(5-8-24)32-27-10-6-22(25(27)11-12-28(32)33(34,35)36)15-20-3-9-26-23(17-31(39)40)18-41-30(26)16-20/h3-5,7-9,11-16,19,23H,6,10,17-18H2,1-2H3,(H,39,40)/b22-15+/t23-/m1/s1. The summed E-state index contributed by atoms with van der Waals surface area (Å²) in [5.41, 5.74) is 6.05. The van der Waals surface area contributed by atoms with Crippen molar-refractivity contribution in [3.8, 4) is 22.6 Å². The van der Waals surface area contributed by atoms with E-state index in [0.29, 0.717) is 36.3 Å². The van der Waals surface area contributed by atoms with Gasteiger partial charge in [-0.1, -0.05) is 50.3 Å². The summed E-state index contributed by atoms with van der Waals surface area (Å²) in [7, 11) is 0. The molecule has 1 N–H and O–H groups in total. The molecule has 3 aromatic carbocycles. The lowest BCUT2D eigenvalue weighted by molar-refractivity contribution is -0.138. The van der Waals surface area contributed by atoms with Gasteiger partial charge in [0.25, 0.3) is 0 Å². The Labute approximate surface area is 235 Å². The lowest BCUT2D eigenvalue weighted by Gasteiger charge is -2.18. The van der Waals surface area contributed by atoms with Crippen LogP contribution < -0.4 is 4.74 Å². The summed E-state index contributed by atoms with van der Waals surface area (Å²) in [6.45, 7) is 4.44. The summed E-state index contributed by atoms with van der Waals surface area (Å²) in [6.07, 6.45) is 0.484. The van der Waals surface area contributed by atoms with Gasteiger partial charge in [0, 0.05) is 17.7 Å². The van der Waals surface area contributed by atoms with Crippen LogP contribution in [-0.2, 0) is 17.4 Å². The molecule has 2 aliphatic rings. The Kier molecular flexibility index (Phi) is 6.72. The first-order valence-electron chi connectivity index (χ1n) is 13.7. The largest absolute Gasteiger partial charge is 0.493 e. The summed E-state index contributed by atoms with van der Waals surface area (Å²) in [6, 6.07) is 17.5. The molecule has 0 fully saturated rings. The monoisotopic (exact) mass is 558 g/mol. The Morgan fingerprint density at radius 2 is 1.88 bits per heavy atom. The van der Waals surface area contributed by atoms with Gasteiger partial charge in [-0.15, -0.1) is 0 Å². The second kappa shape index (κ2) is 10.3. The number of alkyl halides is 3. The van der Waals surface area contributed by atoms with Crippen molar-refractivity contribution in [2.45, 2.75) is 51.1 Å². The number of rotatable bonds is 6. The quantitative estimate of drug-likeness (QED) is 0.260. The van der Waals surface area contributed by atoms with E-state index >= 15 is 0 Å². The summed E-state index contributed by atoms with van der Waals surface area (Å²) >= 11 is 0. The maximum absolute atomic E-state index is 14.2. The molecule has 210 valence electrons. The minimum absolute atomic E-state index is 0.00698. The Morgan fingerprint density at radius 3 is 2.56 bits per heavy atom. The molecule has 8 heteroatoms. The third-order valence-corrected chi connectivity index (χ3v) is 7.91. The van der Waals surface area contributed by atoms with E-state index in [1.165, 1.54) is 6.07 Å². The van der Waals surface area contributed by atoms with Crippen LogP contribution in [-0.4, -0.2) is 27.5 Å². The van der Waals surface area contributed by atoms with E-state index in [1.54, 1.807) is 35.0 Å². The van der Waals surface area contributed by atoms with Crippen molar-refractivity contribution in [2.75, 3.05) is 6.61 Å². The SMILES string of the molecule is CC(C)c1ccn(-c2ccc(-c3c(C(F)(F)F)ccc4c3CC/C4=C\c3ccc4c(c3)OC[C@H]4CC(=O)O)cc2)n1. The maximum Gasteiger partial charge on any atom is 0.417 e. The molecule has 0 spiro atoms. The third-order valence-electron chi connectivity index (χ3n) is 7.91. The van der Waals surface area contributed by atoms with Gasteiger partial charge in [0.15, 0.2) is 0 Å². The zero-order chi connectivity index (χ0) is 28.9. The minimum atomic E-state index is -4.49. The number of ether oxygens (including phenoxy) is 1. The Morgan fingerprint density at radius 1 is 1.10 bits per heavy atom. The Hall–Kier alpha value is -4.33. The summed E-state index contributed by atoms with van der Waals surface area (Å²) < 4.78 is 50.2. The van der Waals surface area contributed by atoms with Crippen LogP contribution in [0.1, 0.15) is 72.0 Å². The first-order valence-corrected chi connectivity index (χ1v) is 13.7. The van der Waals surface area contributed by atoms with Gasteiger partial charge in [-0.05, 0) is 82.5 Å². The number of carboxylic acid groups (broad SMARTS) is 1. The van der Waals surface area contributed by atoms with Gasteiger partial charge in [0.1, 0.15) is 5.75 Å². The molecular formula is C33H29F3N2O3. The smallest absolute Gasteiger partial charge is 0.417 e. The molecular weight excluding hydrogens is 529 g/mol. The van der Waals surface area contributed by atoms with Crippen LogP contribution >= 0.6 is 0 Å². The average molecular weight is 559 g/mol. The number of benzene rings is 3. The fourth-order valence-electron chi connectivity index (χ4n) is 5.85. The Balaban J connectivity index is 1.36. The zero-order valence-corrected chi connectivity index (χ0v) is 22.7. The van der Waals surface area contributed by atoms with Gasteiger partial charge < -0.3 is 9.84 Å². The number of halogens is 3. The van der Waals surface area contributed by atoms with Crippen molar-refractivity contribution >= 4 is 17.6 Å². The van der Waals surface area contributed by atoms with E-state index in [1.807, 2.05) is 36.5 Å². The number of carboxylic acids is 1. The van der Waals surface area contributed by atoms with Crippen LogP contribution in [0.15, 0.2) is 66.9 Å². The average Bonchev–Trinajstić information content (AvgIpc) is 3.67. The highest BCUT2D eigenvalue weighted by Gasteiger charge is 2.36. The van der Waals surface area contributed by atoms with Gasteiger partial charge in [0.05, 0.1) is 30.0 Å². The highest BCUT2D eigenvalue weighted by molar-refractivity contribution is 5.90. The van der Waals surface area contributed by atoms with Crippen molar-refractivity contribution in [3.05, 3.63) is 100 Å². The second-order valence-electron chi connectivity index (χ2n) is 11.0. The molecule has 2 heterocycles. The number of hydrogen-bond acceptors (Lipinski definition) is 3. The number of hydrogen-bond donors (Lipinski definition) is 1. The van der Waals surface area contributed by atoms with Crippen molar-refractivity contribution in [1.82, 2.24) is 9.78 Å². The van der Waals surface area contributed by atoms with E-state index < -0.39 is 17.7 Å². The second-order valence-corrected chi connectivity index (χ2v) is 11.0. The number of allylic oxidation sites excluding steroid dienone is 1. The zero-order valence-electron chi connectivity index (χ0n) is 22.7. The molecule has 41 heavy (non-hydrogen) atoms. The number of aliphatic carboxylic acids is 1. The van der Waals surface area contributed by atoms with Gasteiger partial charge in [-0.3, -0.25) is 4.79 Å². The number of aromatic nitrogens is 2. The van der Waals surface area contributed by atoms with Crippen LogP contribution in [0, 0.1) is 0 Å². The molecule has 0 bridgehead atoms. The van der Waals surface area contributed by atoms with E-state index in [-0.39, 0.29) is 23.8 Å². The molecule has 0 unspecified atom stereocenters. The molecule has 0 saturated carbocycles. The van der Waals surface area contributed by atoms with Crippen molar-refractivity contribution < 1.29 is 27.8 Å². The van der Waals surface area contributed by atoms with Crippen LogP contribution in [0.25, 0.3) is 28.5 Å². The molecule has 4 aromatic rings. The van der Waals surface area contributed by atoms with Gasteiger partial charge in [0.2, 0.25) is 0 Å². The van der Waals surface area contributed by atoms with Gasteiger partial charge in [-0.25, -0.2) is 4.68 Å². The molecule has 0 saturated heterocycles. The molecule has 1 atom stereocenters. The van der Waals surface area contributed by atoms with E-state index in [0.717, 1.165) is 33.6 Å². The molecule has 1 aromatic heterocycles. The van der Waals surface area contributed by atoms with Gasteiger partial charge >= 0.3 is 12.1 Å². The van der Waals surface area contributed by atoms with Crippen LogP contribution in [0.4, 0.5) is 13.2 Å². The van der Waals surface area contributed by atoms with Crippen molar-refractivity contribution in [1.29, 1.82) is 0 Å². The maximum atomic E-state index is 14.2. The molecule has 0 radical (unpaired) electrons. The topological polar surface area (TPSA) is 64.3 Å². The van der Waals surface area contributed by atoms with Crippen molar-refractivity contribution in [2.24, 2.45) is 0 Å². The third kappa shape index (κ3) is 5.14. The highest BCUT2D eigenvalue weighted by Crippen LogP contribution is 2.46. The minimum Gasteiger partial charge on any atom is -0.493 e. The fourth-order valence-corrected chi connectivity index (χ4v) is 5.85. The molecule has 0 amide bonds. The first kappa shape index (κ1) is 26.9. The van der Waals surface area contributed by atoms with Crippen LogP contribution in [0.2, 0.25) is 0 Å². The van der Waals surface area contributed by atoms with Crippen LogP contribution in [0.3, 0.4) is 0 Å². The molecule has 6 rings (SSSR count). The van der Waals surface area contributed by atoms with E-state index in [9.17, 15) is 18.0 Å². The number of nitrogens with zero attached hydrogens (tertiary/aromatic N) is 2. The molecule has 1 aliphatic heterocycles. The summed E-state index contributed by atoms with van der Waals surface area (Å²) in [5.74, 6) is -0.117. The predicted molar refractivity (Wildman–Crippen MR) is 151 cm³/mol. The normalized spacial score (nSPS) is 17.1. The van der Waals surface area contributed by atoms with E-state index in [4.69, 9.17) is 9.84 Å². The first-order chi connectivity index (χ1) is 19.6. The van der Waals surface area contributed by atoms with Gasteiger partial charge in [-0.2, -0.15) is 18.3 Å². The number of carbonyl (C=O) groups is 1.